The Hall–Kier alpha value is -2.20. The van der Waals surface area contributed by atoms with Crippen LogP contribution in [0.3, 0.4) is 0 Å². The van der Waals surface area contributed by atoms with E-state index in [-0.39, 0.29) is 0 Å². The van der Waals surface area contributed by atoms with Gasteiger partial charge in [-0.3, -0.25) is 0 Å². The molecule has 0 saturated carbocycles. The minimum absolute atomic E-state index is 0.545. The van der Waals surface area contributed by atoms with Gasteiger partial charge in [-0.25, -0.2) is 0 Å². The van der Waals surface area contributed by atoms with E-state index >= 15 is 0 Å². The fraction of sp³-hybridized carbons (Fsp3) is 0.294. The van der Waals surface area contributed by atoms with Crippen molar-refractivity contribution >= 4 is 11.4 Å². The molecular weight excluding hydrogens is 264 g/mol. The molecule has 1 heterocycles. The number of aliphatic hydroxyl groups is 1. The lowest BCUT2D eigenvalue weighted by Gasteiger charge is -2.26. The molecule has 0 saturated heterocycles. The number of benzene rings is 2. The quantitative estimate of drug-likeness (QED) is 0.851. The summed E-state index contributed by atoms with van der Waals surface area (Å²) in [5, 5.41) is 10.5. The van der Waals surface area contributed by atoms with Crippen molar-refractivity contribution in [3.05, 3.63) is 54.1 Å². The first kappa shape index (κ1) is 13.8. The fourth-order valence-electron chi connectivity index (χ4n) is 2.62. The van der Waals surface area contributed by atoms with Gasteiger partial charge in [-0.2, -0.15) is 0 Å². The monoisotopic (exact) mass is 284 g/mol. The first-order valence-electron chi connectivity index (χ1n) is 7.24. The summed E-state index contributed by atoms with van der Waals surface area (Å²) in [5.41, 5.74) is 8.32. The molecule has 1 aliphatic heterocycles. The Bertz CT molecular complexity index is 598. The molecule has 4 nitrogen and oxygen atoms in total. The summed E-state index contributed by atoms with van der Waals surface area (Å²) in [5.74, 6) is 0.888. The summed E-state index contributed by atoms with van der Waals surface area (Å²) in [6.07, 6.45) is 0.403. The molecule has 110 valence electrons. The van der Waals surface area contributed by atoms with Gasteiger partial charge >= 0.3 is 0 Å². The molecule has 1 unspecified atom stereocenters. The van der Waals surface area contributed by atoms with E-state index in [1.54, 1.807) is 0 Å². The third-order valence-electron chi connectivity index (χ3n) is 3.75. The first-order valence-corrected chi connectivity index (χ1v) is 7.24. The smallest absolute Gasteiger partial charge is 0.142 e. The van der Waals surface area contributed by atoms with Crippen LogP contribution < -0.4 is 15.4 Å². The van der Waals surface area contributed by atoms with Gasteiger partial charge in [0.05, 0.1) is 18.4 Å². The maximum absolute atomic E-state index is 10.5. The molecule has 1 aliphatic rings. The van der Waals surface area contributed by atoms with Crippen LogP contribution in [-0.2, 0) is 0 Å². The molecule has 0 spiro atoms. The normalized spacial score (nSPS) is 15.8. The van der Waals surface area contributed by atoms with Crippen molar-refractivity contribution in [2.75, 3.05) is 30.3 Å². The molecule has 4 heteroatoms. The number of nitrogens with two attached hydrogens (primary N) is 1. The summed E-state index contributed by atoms with van der Waals surface area (Å²) in [6.45, 7) is 2.14. The summed E-state index contributed by atoms with van der Waals surface area (Å²) in [7, 11) is 0. The Balaban J connectivity index is 1.79. The van der Waals surface area contributed by atoms with Gasteiger partial charge in [0.25, 0.3) is 0 Å². The van der Waals surface area contributed by atoms with Crippen LogP contribution in [-0.4, -0.2) is 24.8 Å². The molecule has 2 aromatic rings. The zero-order valence-corrected chi connectivity index (χ0v) is 11.9. The summed E-state index contributed by atoms with van der Waals surface area (Å²) in [4.78, 5) is 2.18. The number of rotatable bonds is 3. The van der Waals surface area contributed by atoms with Crippen LogP contribution in [0.5, 0.6) is 5.75 Å². The van der Waals surface area contributed by atoms with E-state index < -0.39 is 6.10 Å². The topological polar surface area (TPSA) is 58.7 Å². The number of ether oxygens (including phenoxy) is 1. The van der Waals surface area contributed by atoms with Crippen molar-refractivity contribution in [3.8, 4) is 5.75 Å². The summed E-state index contributed by atoms with van der Waals surface area (Å²) < 4.78 is 5.74. The van der Waals surface area contributed by atoms with Crippen LogP contribution in [0.25, 0.3) is 0 Å². The van der Waals surface area contributed by atoms with Gasteiger partial charge in [-0.05, 0) is 36.2 Å². The Morgan fingerprint density at radius 3 is 2.71 bits per heavy atom. The molecule has 1 atom stereocenters. The molecule has 0 aromatic heterocycles. The Kier molecular flexibility index (Phi) is 3.97. The van der Waals surface area contributed by atoms with Crippen LogP contribution >= 0.6 is 0 Å². The maximum Gasteiger partial charge on any atom is 0.142 e. The highest BCUT2D eigenvalue weighted by molar-refractivity contribution is 5.59. The Morgan fingerprint density at radius 1 is 1.14 bits per heavy atom. The predicted octanol–water partition coefficient (Wildman–Crippen LogP) is 2.59. The van der Waals surface area contributed by atoms with Gasteiger partial charge in [0.15, 0.2) is 0 Å². The van der Waals surface area contributed by atoms with Gasteiger partial charge in [-0.1, -0.05) is 24.3 Å². The molecular formula is C17H20N2O2. The lowest BCUT2D eigenvalue weighted by atomic mass is 10.1. The van der Waals surface area contributed by atoms with Crippen molar-refractivity contribution < 1.29 is 9.84 Å². The maximum atomic E-state index is 10.5. The predicted molar refractivity (Wildman–Crippen MR) is 84.6 cm³/mol. The third kappa shape index (κ3) is 3.11. The van der Waals surface area contributed by atoms with Crippen molar-refractivity contribution in [1.29, 1.82) is 0 Å². The van der Waals surface area contributed by atoms with E-state index in [0.29, 0.717) is 18.8 Å². The molecule has 3 N–H and O–H groups in total. The lowest BCUT2D eigenvalue weighted by Crippen LogP contribution is -2.29. The van der Waals surface area contributed by atoms with E-state index in [0.717, 1.165) is 30.0 Å². The lowest BCUT2D eigenvalue weighted by molar-refractivity contribution is 0.183. The van der Waals surface area contributed by atoms with Crippen LogP contribution in [0.4, 0.5) is 11.4 Å². The van der Waals surface area contributed by atoms with E-state index in [9.17, 15) is 5.11 Å². The zero-order chi connectivity index (χ0) is 14.7. The van der Waals surface area contributed by atoms with Gasteiger partial charge in [-0.15, -0.1) is 0 Å². The molecule has 21 heavy (non-hydrogen) atoms. The average Bonchev–Trinajstić information content (AvgIpc) is 2.71. The summed E-state index contributed by atoms with van der Waals surface area (Å²) >= 11 is 0. The Morgan fingerprint density at radius 2 is 1.90 bits per heavy atom. The van der Waals surface area contributed by atoms with E-state index in [1.165, 1.54) is 0 Å². The highest BCUT2D eigenvalue weighted by atomic mass is 16.5. The third-order valence-corrected chi connectivity index (χ3v) is 3.75. The molecule has 0 bridgehead atoms. The van der Waals surface area contributed by atoms with Crippen LogP contribution in [0.2, 0.25) is 0 Å². The van der Waals surface area contributed by atoms with Gasteiger partial charge in [0.1, 0.15) is 5.75 Å². The van der Waals surface area contributed by atoms with Gasteiger partial charge in [0.2, 0.25) is 0 Å². The van der Waals surface area contributed by atoms with Crippen LogP contribution in [0.15, 0.2) is 48.5 Å². The number of nitrogen functional groups attached to an aromatic ring is 1. The number of hydrogen-bond acceptors (Lipinski definition) is 4. The largest absolute Gasteiger partial charge is 0.491 e. The number of aliphatic hydroxyl groups excluding tert-OH is 1. The van der Waals surface area contributed by atoms with Crippen molar-refractivity contribution in [2.45, 2.75) is 12.5 Å². The number of para-hydroxylation sites is 2. The van der Waals surface area contributed by atoms with E-state index in [2.05, 4.69) is 4.90 Å². The van der Waals surface area contributed by atoms with Gasteiger partial charge < -0.3 is 20.5 Å². The molecule has 2 aromatic carbocycles. The molecule has 3 rings (SSSR count). The fourth-order valence-corrected chi connectivity index (χ4v) is 2.62. The van der Waals surface area contributed by atoms with Crippen molar-refractivity contribution in [2.24, 2.45) is 0 Å². The van der Waals surface area contributed by atoms with Crippen LogP contribution in [0, 0.1) is 0 Å². The second-order valence-corrected chi connectivity index (χ2v) is 5.30. The number of hydrogen-bond donors (Lipinski definition) is 2. The minimum atomic E-state index is -0.545. The van der Waals surface area contributed by atoms with Crippen molar-refractivity contribution in [3.63, 3.8) is 0 Å². The molecule has 0 amide bonds. The van der Waals surface area contributed by atoms with Gasteiger partial charge in [0, 0.05) is 18.8 Å². The number of anilines is 2. The van der Waals surface area contributed by atoms with E-state index in [4.69, 9.17) is 10.5 Å². The number of fused-ring (bicyclic) bond motifs is 1. The highest BCUT2D eigenvalue weighted by Crippen LogP contribution is 2.31. The first-order chi connectivity index (χ1) is 10.2. The second-order valence-electron chi connectivity index (χ2n) is 5.30. The number of nitrogens with zero attached hydrogens (tertiary/aromatic N) is 1. The SMILES string of the molecule is Nc1ccc(C(O)CN2CCCOc3ccccc32)cc1. The molecule has 0 aliphatic carbocycles. The Labute approximate surface area is 124 Å². The second kappa shape index (κ2) is 6.06. The molecule has 0 radical (unpaired) electrons. The van der Waals surface area contributed by atoms with Crippen LogP contribution in [0.1, 0.15) is 18.1 Å². The van der Waals surface area contributed by atoms with Crippen molar-refractivity contribution in [1.82, 2.24) is 0 Å². The molecule has 0 fully saturated rings. The highest BCUT2D eigenvalue weighted by Gasteiger charge is 2.19. The average molecular weight is 284 g/mol. The summed E-state index contributed by atoms with van der Waals surface area (Å²) in [6, 6.07) is 15.4. The van der Waals surface area contributed by atoms with E-state index in [1.807, 2.05) is 48.5 Å². The standard InChI is InChI=1S/C17H20N2O2/c18-14-8-6-13(7-9-14)16(20)12-19-10-3-11-21-17-5-2-1-4-15(17)19/h1-2,4-9,16,20H,3,10-12,18H2. The minimum Gasteiger partial charge on any atom is -0.491 e. The zero-order valence-electron chi connectivity index (χ0n) is 11.9. The number of β-amino-alcohol motifs (C(OH)–C–C–N with tert-alkyl or cyclic N) is 1.